The van der Waals surface area contributed by atoms with Crippen molar-refractivity contribution in [2.24, 2.45) is 0 Å². The predicted octanol–water partition coefficient (Wildman–Crippen LogP) is 3.93. The summed E-state index contributed by atoms with van der Waals surface area (Å²) in [4.78, 5) is 2.63. The summed E-state index contributed by atoms with van der Waals surface area (Å²) in [6.07, 6.45) is 7.88. The van der Waals surface area contributed by atoms with Crippen LogP contribution in [0.2, 0.25) is 0 Å². The van der Waals surface area contributed by atoms with E-state index in [0.717, 1.165) is 12.3 Å². The fourth-order valence-corrected chi connectivity index (χ4v) is 2.98. The Kier molecular flexibility index (Phi) is 6.09. The number of nitrogens with zero attached hydrogens (tertiary/aromatic N) is 1. The summed E-state index contributed by atoms with van der Waals surface area (Å²) in [6.45, 7) is 3.69. The van der Waals surface area contributed by atoms with Gasteiger partial charge in [-0.3, -0.25) is 4.90 Å². The molecule has 1 nitrogen and oxygen atoms in total. The standard InChI is InChI=1S/C16H25NS/c18-13-6-2-1-5-11-17-12-7-10-15-8-3-4-9-16(15)14-17/h3-4,8-9,18H,1-2,5-7,10-14H2. The van der Waals surface area contributed by atoms with Crippen molar-refractivity contribution < 1.29 is 0 Å². The molecule has 1 aliphatic rings. The second-order valence-electron chi connectivity index (χ2n) is 5.29. The molecule has 0 N–H and O–H groups in total. The summed E-state index contributed by atoms with van der Waals surface area (Å²) >= 11 is 4.26. The lowest BCUT2D eigenvalue weighted by Gasteiger charge is -2.20. The molecule has 1 aromatic carbocycles. The molecule has 0 atom stereocenters. The molecule has 18 heavy (non-hydrogen) atoms. The van der Waals surface area contributed by atoms with Crippen LogP contribution in [-0.4, -0.2) is 23.7 Å². The highest BCUT2D eigenvalue weighted by atomic mass is 32.1. The Morgan fingerprint density at radius 1 is 1.00 bits per heavy atom. The van der Waals surface area contributed by atoms with Crippen LogP contribution in [-0.2, 0) is 13.0 Å². The zero-order valence-corrected chi connectivity index (χ0v) is 12.2. The van der Waals surface area contributed by atoms with Crippen LogP contribution in [0.1, 0.15) is 43.2 Å². The van der Waals surface area contributed by atoms with E-state index in [4.69, 9.17) is 0 Å². The average Bonchev–Trinajstić information content (AvgIpc) is 2.60. The van der Waals surface area contributed by atoms with Crippen molar-refractivity contribution in [3.8, 4) is 0 Å². The summed E-state index contributed by atoms with van der Waals surface area (Å²) in [7, 11) is 0. The first-order valence-corrected chi connectivity index (χ1v) is 7.93. The van der Waals surface area contributed by atoms with E-state index in [1.807, 2.05) is 0 Å². The molecule has 0 radical (unpaired) electrons. The maximum atomic E-state index is 4.26. The highest BCUT2D eigenvalue weighted by Gasteiger charge is 2.12. The van der Waals surface area contributed by atoms with E-state index in [2.05, 4.69) is 41.8 Å². The van der Waals surface area contributed by atoms with Crippen LogP contribution in [0.25, 0.3) is 0 Å². The van der Waals surface area contributed by atoms with Crippen molar-refractivity contribution in [1.82, 2.24) is 4.90 Å². The van der Waals surface area contributed by atoms with Gasteiger partial charge in [0.05, 0.1) is 0 Å². The fourth-order valence-electron chi connectivity index (χ4n) is 2.76. The van der Waals surface area contributed by atoms with Gasteiger partial charge in [-0.1, -0.05) is 37.1 Å². The van der Waals surface area contributed by atoms with Crippen LogP contribution < -0.4 is 0 Å². The van der Waals surface area contributed by atoms with E-state index in [9.17, 15) is 0 Å². The summed E-state index contributed by atoms with van der Waals surface area (Å²) < 4.78 is 0. The SMILES string of the molecule is SCCCCCCN1CCCc2ccccc2C1. The number of benzene rings is 1. The normalized spacial score (nSPS) is 16.3. The smallest absolute Gasteiger partial charge is 0.0236 e. The molecule has 0 aromatic heterocycles. The van der Waals surface area contributed by atoms with Gasteiger partial charge in [-0.05, 0) is 55.7 Å². The van der Waals surface area contributed by atoms with Crippen molar-refractivity contribution in [2.75, 3.05) is 18.8 Å². The summed E-state index contributed by atoms with van der Waals surface area (Å²) in [5, 5.41) is 0. The van der Waals surface area contributed by atoms with Crippen LogP contribution >= 0.6 is 12.6 Å². The highest BCUT2D eigenvalue weighted by molar-refractivity contribution is 7.80. The Morgan fingerprint density at radius 2 is 1.78 bits per heavy atom. The molecule has 1 heterocycles. The Hall–Kier alpha value is -0.470. The van der Waals surface area contributed by atoms with Crippen molar-refractivity contribution in [3.63, 3.8) is 0 Å². The van der Waals surface area contributed by atoms with Gasteiger partial charge in [0.15, 0.2) is 0 Å². The molecule has 0 fully saturated rings. The van der Waals surface area contributed by atoms with Gasteiger partial charge in [-0.2, -0.15) is 12.6 Å². The summed E-state index contributed by atoms with van der Waals surface area (Å²) in [5.74, 6) is 1.04. The minimum Gasteiger partial charge on any atom is -0.299 e. The van der Waals surface area contributed by atoms with Crippen molar-refractivity contribution in [1.29, 1.82) is 0 Å². The van der Waals surface area contributed by atoms with Crippen LogP contribution in [0, 0.1) is 0 Å². The number of hydrogen-bond acceptors (Lipinski definition) is 2. The number of fused-ring (bicyclic) bond motifs is 1. The van der Waals surface area contributed by atoms with E-state index < -0.39 is 0 Å². The van der Waals surface area contributed by atoms with E-state index in [1.165, 1.54) is 51.6 Å². The molecule has 1 aromatic rings. The Balaban J connectivity index is 1.77. The van der Waals surface area contributed by atoms with E-state index in [-0.39, 0.29) is 0 Å². The number of rotatable bonds is 6. The second kappa shape index (κ2) is 7.85. The molecular formula is C16H25NS. The average molecular weight is 263 g/mol. The van der Waals surface area contributed by atoms with Gasteiger partial charge in [-0.15, -0.1) is 0 Å². The van der Waals surface area contributed by atoms with Gasteiger partial charge >= 0.3 is 0 Å². The van der Waals surface area contributed by atoms with Crippen molar-refractivity contribution in [3.05, 3.63) is 35.4 Å². The van der Waals surface area contributed by atoms with Crippen LogP contribution in [0.3, 0.4) is 0 Å². The molecule has 2 heteroatoms. The van der Waals surface area contributed by atoms with Crippen LogP contribution in [0.4, 0.5) is 0 Å². The Labute approximate surface area is 117 Å². The molecule has 0 amide bonds. The molecule has 0 aliphatic carbocycles. The fraction of sp³-hybridized carbons (Fsp3) is 0.625. The molecule has 100 valence electrons. The topological polar surface area (TPSA) is 3.24 Å². The second-order valence-corrected chi connectivity index (χ2v) is 5.73. The Morgan fingerprint density at radius 3 is 2.61 bits per heavy atom. The molecule has 0 bridgehead atoms. The van der Waals surface area contributed by atoms with Crippen molar-refractivity contribution >= 4 is 12.6 Å². The first kappa shape index (κ1) is 14.0. The van der Waals surface area contributed by atoms with Crippen LogP contribution in [0.5, 0.6) is 0 Å². The van der Waals surface area contributed by atoms with Gasteiger partial charge in [0, 0.05) is 6.54 Å². The third-order valence-corrected chi connectivity index (χ3v) is 4.13. The van der Waals surface area contributed by atoms with E-state index in [0.29, 0.717) is 0 Å². The number of unbranched alkanes of at least 4 members (excludes halogenated alkanes) is 3. The monoisotopic (exact) mass is 263 g/mol. The number of thiol groups is 1. The maximum absolute atomic E-state index is 4.26. The lowest BCUT2D eigenvalue weighted by Crippen LogP contribution is -2.24. The maximum Gasteiger partial charge on any atom is 0.0236 e. The minimum atomic E-state index is 1.04. The first-order chi connectivity index (χ1) is 8.90. The minimum absolute atomic E-state index is 1.04. The predicted molar refractivity (Wildman–Crippen MR) is 82.4 cm³/mol. The third kappa shape index (κ3) is 4.33. The first-order valence-electron chi connectivity index (χ1n) is 7.30. The molecular weight excluding hydrogens is 238 g/mol. The molecule has 1 aliphatic heterocycles. The van der Waals surface area contributed by atoms with Crippen LogP contribution in [0.15, 0.2) is 24.3 Å². The number of hydrogen-bond donors (Lipinski definition) is 1. The molecule has 0 spiro atoms. The molecule has 0 unspecified atom stereocenters. The summed E-state index contributed by atoms with van der Waals surface area (Å²) in [5.41, 5.74) is 3.11. The van der Waals surface area contributed by atoms with E-state index >= 15 is 0 Å². The number of aryl methyl sites for hydroxylation is 1. The summed E-state index contributed by atoms with van der Waals surface area (Å²) in [6, 6.07) is 8.95. The highest BCUT2D eigenvalue weighted by Crippen LogP contribution is 2.18. The Bertz CT molecular complexity index is 351. The largest absolute Gasteiger partial charge is 0.299 e. The van der Waals surface area contributed by atoms with Crippen molar-refractivity contribution in [2.45, 2.75) is 45.1 Å². The van der Waals surface area contributed by atoms with Gasteiger partial charge in [0.1, 0.15) is 0 Å². The van der Waals surface area contributed by atoms with Gasteiger partial charge < -0.3 is 0 Å². The third-order valence-electron chi connectivity index (χ3n) is 3.82. The van der Waals surface area contributed by atoms with Gasteiger partial charge in [0.2, 0.25) is 0 Å². The zero-order valence-electron chi connectivity index (χ0n) is 11.3. The van der Waals surface area contributed by atoms with Gasteiger partial charge in [0.25, 0.3) is 0 Å². The van der Waals surface area contributed by atoms with E-state index in [1.54, 1.807) is 11.1 Å². The zero-order chi connectivity index (χ0) is 12.6. The lowest BCUT2D eigenvalue weighted by molar-refractivity contribution is 0.263. The molecule has 0 saturated carbocycles. The lowest BCUT2D eigenvalue weighted by atomic mass is 10.0. The van der Waals surface area contributed by atoms with Gasteiger partial charge in [-0.25, -0.2) is 0 Å². The molecule has 2 rings (SSSR count). The quantitative estimate of drug-likeness (QED) is 0.601. The molecule has 0 saturated heterocycles.